The first kappa shape index (κ1) is 16.0. The van der Waals surface area contributed by atoms with E-state index in [1.54, 1.807) is 19.6 Å². The molecule has 0 aliphatic heterocycles. The Balaban J connectivity index is 1.70. The topological polar surface area (TPSA) is 68.9 Å². The Morgan fingerprint density at radius 3 is 2.83 bits per heavy atom. The van der Waals surface area contributed by atoms with Crippen LogP contribution in [0.5, 0.6) is 0 Å². The number of aromatic nitrogens is 3. The molecule has 3 aromatic rings. The normalized spacial score (nSPS) is 10.6. The van der Waals surface area contributed by atoms with E-state index < -0.39 is 0 Å². The minimum Gasteiger partial charge on any atom is -0.331 e. The van der Waals surface area contributed by atoms with Crippen molar-refractivity contribution in [1.29, 1.82) is 0 Å². The van der Waals surface area contributed by atoms with E-state index in [0.717, 1.165) is 5.56 Å². The molecular weight excluding hydrogens is 328 g/mol. The summed E-state index contributed by atoms with van der Waals surface area (Å²) in [6.07, 6.45) is 4.86. The number of hydrogen-bond acceptors (Lipinski definition) is 3. The Morgan fingerprint density at radius 1 is 1.25 bits per heavy atom. The molecule has 0 atom stereocenters. The number of amides is 1. The lowest BCUT2D eigenvalue weighted by Crippen LogP contribution is -2.19. The lowest BCUT2D eigenvalue weighted by molar-refractivity contribution is 0.102. The summed E-state index contributed by atoms with van der Waals surface area (Å²) in [5.41, 5.74) is 1.26. The number of aryl methyl sites for hydroxylation is 1. The summed E-state index contributed by atoms with van der Waals surface area (Å²) >= 11 is 5.97. The van der Waals surface area contributed by atoms with Gasteiger partial charge in [0, 0.05) is 37.1 Å². The third kappa shape index (κ3) is 3.72. The molecule has 0 fully saturated rings. The highest BCUT2D eigenvalue weighted by Crippen LogP contribution is 2.13. The number of imidazole rings is 1. The van der Waals surface area contributed by atoms with E-state index >= 15 is 0 Å². The van der Waals surface area contributed by atoms with Crippen LogP contribution in [0.3, 0.4) is 0 Å². The van der Waals surface area contributed by atoms with Crippen LogP contribution in [-0.2, 0) is 13.6 Å². The van der Waals surface area contributed by atoms with Gasteiger partial charge < -0.3 is 14.5 Å². The molecule has 3 rings (SSSR count). The van der Waals surface area contributed by atoms with Gasteiger partial charge in [-0.05, 0) is 23.8 Å². The number of anilines is 1. The van der Waals surface area contributed by atoms with Crippen LogP contribution in [0.25, 0.3) is 0 Å². The monoisotopic (exact) mass is 342 g/mol. The van der Waals surface area contributed by atoms with Crippen LogP contribution in [0.2, 0.25) is 5.02 Å². The smallest absolute Gasteiger partial charge is 0.258 e. The molecular formula is C17H15ClN4O2. The maximum Gasteiger partial charge on any atom is 0.258 e. The Labute approximate surface area is 143 Å². The fourth-order valence-corrected chi connectivity index (χ4v) is 2.49. The van der Waals surface area contributed by atoms with Crippen LogP contribution < -0.4 is 10.9 Å². The van der Waals surface area contributed by atoms with Gasteiger partial charge in [-0.2, -0.15) is 0 Å². The zero-order valence-corrected chi connectivity index (χ0v) is 13.7. The molecule has 7 heteroatoms. The van der Waals surface area contributed by atoms with Gasteiger partial charge in [0.2, 0.25) is 5.56 Å². The van der Waals surface area contributed by atoms with Gasteiger partial charge in [0.15, 0.2) is 5.82 Å². The quantitative estimate of drug-likeness (QED) is 0.792. The van der Waals surface area contributed by atoms with Gasteiger partial charge in [-0.25, -0.2) is 4.98 Å². The molecule has 0 saturated carbocycles. The summed E-state index contributed by atoms with van der Waals surface area (Å²) in [6, 6.07) is 10.4. The number of carbonyl (C=O) groups is 1. The number of benzene rings is 1. The summed E-state index contributed by atoms with van der Waals surface area (Å²) in [5, 5.41) is 3.39. The van der Waals surface area contributed by atoms with Crippen LogP contribution in [-0.4, -0.2) is 20.0 Å². The van der Waals surface area contributed by atoms with Crippen LogP contribution >= 0.6 is 11.6 Å². The summed E-state index contributed by atoms with van der Waals surface area (Å²) in [4.78, 5) is 27.7. The van der Waals surface area contributed by atoms with Crippen LogP contribution in [0.4, 0.5) is 5.82 Å². The third-order valence-electron chi connectivity index (χ3n) is 3.48. The van der Waals surface area contributed by atoms with Crippen molar-refractivity contribution in [3.05, 3.63) is 81.6 Å². The van der Waals surface area contributed by atoms with Crippen molar-refractivity contribution in [1.82, 2.24) is 14.1 Å². The second-order valence-electron chi connectivity index (χ2n) is 5.38. The first-order valence-electron chi connectivity index (χ1n) is 7.25. The van der Waals surface area contributed by atoms with Crippen molar-refractivity contribution < 1.29 is 4.79 Å². The molecule has 2 aromatic heterocycles. The van der Waals surface area contributed by atoms with E-state index in [2.05, 4.69) is 10.3 Å². The SMILES string of the molecule is Cn1cc(C(=O)Nc2cn(Cc3cccc(Cl)c3)cn2)ccc1=O. The van der Waals surface area contributed by atoms with Crippen LogP contribution in [0.15, 0.2) is 59.9 Å². The van der Waals surface area contributed by atoms with Gasteiger partial charge in [-0.1, -0.05) is 23.7 Å². The Kier molecular flexibility index (Phi) is 4.48. The highest BCUT2D eigenvalue weighted by molar-refractivity contribution is 6.30. The molecule has 0 bridgehead atoms. The van der Waals surface area contributed by atoms with E-state index in [1.807, 2.05) is 28.8 Å². The molecule has 2 heterocycles. The van der Waals surface area contributed by atoms with Crippen molar-refractivity contribution in [2.75, 3.05) is 5.32 Å². The predicted molar refractivity (Wildman–Crippen MR) is 92.4 cm³/mol. The molecule has 1 N–H and O–H groups in total. The lowest BCUT2D eigenvalue weighted by atomic mass is 10.2. The number of pyridine rings is 1. The maximum absolute atomic E-state index is 12.2. The zero-order valence-electron chi connectivity index (χ0n) is 12.9. The number of halogens is 1. The Bertz CT molecular complexity index is 946. The van der Waals surface area contributed by atoms with E-state index in [4.69, 9.17) is 11.6 Å². The molecule has 24 heavy (non-hydrogen) atoms. The zero-order chi connectivity index (χ0) is 17.1. The van der Waals surface area contributed by atoms with Crippen molar-refractivity contribution >= 4 is 23.3 Å². The molecule has 0 aliphatic carbocycles. The Hall–Kier alpha value is -2.86. The highest BCUT2D eigenvalue weighted by atomic mass is 35.5. The van der Waals surface area contributed by atoms with Crippen LogP contribution in [0, 0.1) is 0 Å². The number of carbonyl (C=O) groups excluding carboxylic acids is 1. The van der Waals surface area contributed by atoms with Crippen LogP contribution in [0.1, 0.15) is 15.9 Å². The molecule has 6 nitrogen and oxygen atoms in total. The second-order valence-corrected chi connectivity index (χ2v) is 5.82. The molecule has 0 saturated heterocycles. The third-order valence-corrected chi connectivity index (χ3v) is 3.71. The van der Waals surface area contributed by atoms with E-state index in [-0.39, 0.29) is 11.5 Å². The van der Waals surface area contributed by atoms with Crippen molar-refractivity contribution in [2.24, 2.45) is 7.05 Å². The molecule has 1 aromatic carbocycles. The highest BCUT2D eigenvalue weighted by Gasteiger charge is 2.09. The maximum atomic E-state index is 12.2. The van der Waals surface area contributed by atoms with E-state index in [0.29, 0.717) is 22.9 Å². The van der Waals surface area contributed by atoms with Gasteiger partial charge in [-0.3, -0.25) is 9.59 Å². The Morgan fingerprint density at radius 2 is 2.08 bits per heavy atom. The molecule has 1 amide bonds. The number of rotatable bonds is 4. The minimum absolute atomic E-state index is 0.169. The largest absolute Gasteiger partial charge is 0.331 e. The van der Waals surface area contributed by atoms with Crippen molar-refractivity contribution in [3.63, 3.8) is 0 Å². The predicted octanol–water partition coefficient (Wildman–Crippen LogP) is 2.54. The van der Waals surface area contributed by atoms with E-state index in [1.165, 1.54) is 22.9 Å². The average Bonchev–Trinajstić information content (AvgIpc) is 2.97. The fourth-order valence-electron chi connectivity index (χ4n) is 2.27. The molecule has 0 radical (unpaired) electrons. The molecule has 0 unspecified atom stereocenters. The first-order valence-corrected chi connectivity index (χ1v) is 7.63. The van der Waals surface area contributed by atoms with Crippen molar-refractivity contribution in [3.8, 4) is 0 Å². The van der Waals surface area contributed by atoms with Crippen molar-refractivity contribution in [2.45, 2.75) is 6.54 Å². The molecule has 122 valence electrons. The first-order chi connectivity index (χ1) is 11.5. The van der Waals surface area contributed by atoms with Gasteiger partial charge in [0.25, 0.3) is 5.91 Å². The summed E-state index contributed by atoms with van der Waals surface area (Å²) < 4.78 is 3.20. The van der Waals surface area contributed by atoms with Gasteiger partial charge in [-0.15, -0.1) is 0 Å². The fraction of sp³-hybridized carbons (Fsp3) is 0.118. The lowest BCUT2D eigenvalue weighted by Gasteiger charge is -2.04. The molecule has 0 aliphatic rings. The van der Waals surface area contributed by atoms with Gasteiger partial charge in [0.05, 0.1) is 11.9 Å². The second kappa shape index (κ2) is 6.72. The number of hydrogen-bond donors (Lipinski definition) is 1. The standard InChI is InChI=1S/C17H15ClN4O2/c1-21-9-13(5-6-16(21)23)17(24)20-15-10-22(11-19-15)8-12-3-2-4-14(18)7-12/h2-7,9-11H,8H2,1H3,(H,20,24). The molecule has 0 spiro atoms. The van der Waals surface area contributed by atoms with Gasteiger partial charge in [0.1, 0.15) is 0 Å². The average molecular weight is 343 g/mol. The number of nitrogens with one attached hydrogen (secondary N) is 1. The summed E-state index contributed by atoms with van der Waals surface area (Å²) in [7, 11) is 1.60. The van der Waals surface area contributed by atoms with Gasteiger partial charge >= 0.3 is 0 Å². The number of nitrogens with zero attached hydrogens (tertiary/aromatic N) is 3. The van der Waals surface area contributed by atoms with E-state index in [9.17, 15) is 9.59 Å². The summed E-state index contributed by atoms with van der Waals surface area (Å²) in [6.45, 7) is 0.600. The summed E-state index contributed by atoms with van der Waals surface area (Å²) in [5.74, 6) is 0.120. The minimum atomic E-state index is -0.321.